The molecule has 2 aromatic carbocycles. The van der Waals surface area contributed by atoms with Crippen LogP contribution in [0.15, 0.2) is 59.5 Å². The van der Waals surface area contributed by atoms with Crippen LogP contribution in [0.5, 0.6) is 0 Å². The normalized spacial score (nSPS) is 20.8. The van der Waals surface area contributed by atoms with Gasteiger partial charge in [-0.2, -0.15) is 4.31 Å². The lowest BCUT2D eigenvalue weighted by Crippen LogP contribution is -2.45. The Morgan fingerprint density at radius 2 is 1.59 bits per heavy atom. The molecule has 0 N–H and O–H groups in total. The van der Waals surface area contributed by atoms with Crippen LogP contribution in [0.4, 0.5) is 0 Å². The quantitative estimate of drug-likeness (QED) is 0.550. The zero-order valence-corrected chi connectivity index (χ0v) is 18.8. The molecule has 0 bridgehead atoms. The molecule has 1 heterocycles. The van der Waals surface area contributed by atoms with Crippen molar-refractivity contribution >= 4 is 17.6 Å². The van der Waals surface area contributed by atoms with Gasteiger partial charge in [-0.05, 0) is 51.3 Å². The van der Waals surface area contributed by atoms with Crippen molar-refractivity contribution in [2.24, 2.45) is 0 Å². The van der Waals surface area contributed by atoms with Gasteiger partial charge in [0.2, 0.25) is 10.0 Å². The van der Waals surface area contributed by atoms with Gasteiger partial charge in [-0.25, -0.2) is 8.42 Å². The predicted octanol–water partition coefficient (Wildman–Crippen LogP) is 4.90. The van der Waals surface area contributed by atoms with Crippen LogP contribution >= 0.6 is 7.60 Å². The standard InChI is InChI=1S/C21H28NO5PS/c1-4-26-28(23,27-5-2)21(19-10-7-6-8-11-19)16-9-17-22(21)29(24,25)20-14-12-18(3)13-15-20/h6-8,10-15H,4-5,9,16-17H2,1-3H3. The molecule has 6 nitrogen and oxygen atoms in total. The van der Waals surface area contributed by atoms with Crippen LogP contribution < -0.4 is 0 Å². The Kier molecular flexibility index (Phi) is 6.66. The monoisotopic (exact) mass is 437 g/mol. The van der Waals surface area contributed by atoms with Crippen LogP contribution in [0, 0.1) is 6.92 Å². The average molecular weight is 437 g/mol. The zero-order chi connectivity index (χ0) is 21.1. The maximum absolute atomic E-state index is 14.1. The third kappa shape index (κ3) is 3.82. The largest absolute Gasteiger partial charge is 0.356 e. The van der Waals surface area contributed by atoms with E-state index in [2.05, 4.69) is 0 Å². The van der Waals surface area contributed by atoms with Gasteiger partial charge in [-0.15, -0.1) is 0 Å². The van der Waals surface area contributed by atoms with E-state index in [9.17, 15) is 13.0 Å². The maximum Gasteiger partial charge on any atom is 0.356 e. The Balaban J connectivity index is 2.24. The minimum atomic E-state index is -3.93. The first-order chi connectivity index (χ1) is 13.8. The molecule has 2 aromatic rings. The third-order valence-electron chi connectivity index (χ3n) is 5.20. The molecule has 29 heavy (non-hydrogen) atoms. The van der Waals surface area contributed by atoms with E-state index in [1.165, 1.54) is 4.31 Å². The second kappa shape index (κ2) is 8.70. The molecule has 1 atom stereocenters. The van der Waals surface area contributed by atoms with E-state index >= 15 is 0 Å². The highest BCUT2D eigenvalue weighted by molar-refractivity contribution is 7.89. The molecule has 1 fully saturated rings. The van der Waals surface area contributed by atoms with Gasteiger partial charge in [0.05, 0.1) is 18.1 Å². The summed E-state index contributed by atoms with van der Waals surface area (Å²) in [5.74, 6) is 0. The fourth-order valence-electron chi connectivity index (χ4n) is 3.95. The van der Waals surface area contributed by atoms with Crippen molar-refractivity contribution in [2.45, 2.75) is 43.8 Å². The number of hydrogen-bond donors (Lipinski definition) is 0. The first kappa shape index (κ1) is 22.2. The van der Waals surface area contributed by atoms with Crippen molar-refractivity contribution in [2.75, 3.05) is 19.8 Å². The fraction of sp³-hybridized carbons (Fsp3) is 0.429. The van der Waals surface area contributed by atoms with E-state index in [0.29, 0.717) is 18.4 Å². The Bertz CT molecular complexity index is 968. The van der Waals surface area contributed by atoms with Crippen LogP contribution in [-0.4, -0.2) is 32.5 Å². The van der Waals surface area contributed by atoms with Crippen molar-refractivity contribution in [3.63, 3.8) is 0 Å². The number of hydrogen-bond acceptors (Lipinski definition) is 5. The van der Waals surface area contributed by atoms with E-state index in [0.717, 1.165) is 5.56 Å². The summed E-state index contributed by atoms with van der Waals surface area (Å²) in [5, 5.41) is -1.40. The molecule has 0 radical (unpaired) electrons. The number of aryl methyl sites for hydroxylation is 1. The summed E-state index contributed by atoms with van der Waals surface area (Å²) < 4.78 is 54.3. The molecular formula is C21H28NO5PS. The average Bonchev–Trinajstić information content (AvgIpc) is 3.17. The summed E-state index contributed by atoms with van der Waals surface area (Å²) in [6.07, 6.45) is 0.920. The molecule has 3 rings (SSSR count). The van der Waals surface area contributed by atoms with E-state index < -0.39 is 22.9 Å². The van der Waals surface area contributed by atoms with Gasteiger partial charge >= 0.3 is 7.60 Å². The van der Waals surface area contributed by atoms with E-state index in [-0.39, 0.29) is 24.7 Å². The molecule has 0 aromatic heterocycles. The summed E-state index contributed by atoms with van der Waals surface area (Å²) in [6, 6.07) is 15.8. The van der Waals surface area contributed by atoms with E-state index in [4.69, 9.17) is 9.05 Å². The highest BCUT2D eigenvalue weighted by atomic mass is 32.2. The summed E-state index contributed by atoms with van der Waals surface area (Å²) in [4.78, 5) is 0.171. The van der Waals surface area contributed by atoms with Crippen molar-refractivity contribution in [3.8, 4) is 0 Å². The van der Waals surface area contributed by atoms with Gasteiger partial charge in [0.15, 0.2) is 5.28 Å². The number of nitrogens with zero attached hydrogens (tertiary/aromatic N) is 1. The maximum atomic E-state index is 14.1. The minimum absolute atomic E-state index is 0.157. The molecule has 0 spiro atoms. The highest BCUT2D eigenvalue weighted by Gasteiger charge is 2.62. The number of sulfonamides is 1. The zero-order valence-electron chi connectivity index (χ0n) is 17.1. The molecule has 1 aliphatic heterocycles. The first-order valence-electron chi connectivity index (χ1n) is 9.86. The van der Waals surface area contributed by atoms with Crippen LogP contribution in [-0.2, 0) is 28.9 Å². The first-order valence-corrected chi connectivity index (χ1v) is 12.8. The minimum Gasteiger partial charge on any atom is -0.307 e. The molecule has 1 saturated heterocycles. The summed E-state index contributed by atoms with van der Waals surface area (Å²) >= 11 is 0. The molecule has 0 amide bonds. The number of benzene rings is 2. The van der Waals surface area contributed by atoms with Crippen molar-refractivity contribution in [3.05, 3.63) is 65.7 Å². The molecule has 0 saturated carbocycles. The van der Waals surface area contributed by atoms with Gasteiger partial charge in [-0.1, -0.05) is 48.0 Å². The number of rotatable bonds is 8. The van der Waals surface area contributed by atoms with E-state index in [1.54, 1.807) is 50.2 Å². The summed E-state index contributed by atoms with van der Waals surface area (Å²) in [6.45, 7) is 5.93. The molecular weight excluding hydrogens is 409 g/mol. The molecule has 0 aliphatic carbocycles. The molecule has 1 unspecified atom stereocenters. The van der Waals surface area contributed by atoms with Crippen LogP contribution in [0.25, 0.3) is 0 Å². The predicted molar refractivity (Wildman–Crippen MR) is 113 cm³/mol. The Morgan fingerprint density at radius 3 is 2.14 bits per heavy atom. The lowest BCUT2D eigenvalue weighted by Gasteiger charge is -2.41. The highest BCUT2D eigenvalue weighted by Crippen LogP contribution is 2.70. The van der Waals surface area contributed by atoms with Gasteiger partial charge in [0.1, 0.15) is 0 Å². The van der Waals surface area contributed by atoms with Gasteiger partial charge < -0.3 is 9.05 Å². The lowest BCUT2D eigenvalue weighted by atomic mass is 10.0. The molecule has 1 aliphatic rings. The Hall–Kier alpha value is -1.50. The van der Waals surface area contributed by atoms with Crippen LogP contribution in [0.2, 0.25) is 0 Å². The van der Waals surface area contributed by atoms with Crippen molar-refractivity contribution in [1.29, 1.82) is 0 Å². The van der Waals surface area contributed by atoms with Gasteiger partial charge in [0, 0.05) is 6.54 Å². The molecule has 8 heteroatoms. The van der Waals surface area contributed by atoms with Crippen LogP contribution in [0.1, 0.15) is 37.8 Å². The topological polar surface area (TPSA) is 72.9 Å². The smallest absolute Gasteiger partial charge is 0.307 e. The summed E-state index contributed by atoms with van der Waals surface area (Å²) in [7, 11) is -7.79. The Labute approximate surface area is 173 Å². The van der Waals surface area contributed by atoms with E-state index in [1.807, 2.05) is 25.1 Å². The van der Waals surface area contributed by atoms with Crippen molar-refractivity contribution < 1.29 is 22.0 Å². The van der Waals surface area contributed by atoms with Gasteiger partial charge in [-0.3, -0.25) is 4.57 Å². The Morgan fingerprint density at radius 1 is 1.00 bits per heavy atom. The second-order valence-corrected chi connectivity index (χ2v) is 11.1. The fourth-order valence-corrected chi connectivity index (χ4v) is 8.72. The molecule has 158 valence electrons. The van der Waals surface area contributed by atoms with Gasteiger partial charge in [0.25, 0.3) is 0 Å². The lowest BCUT2D eigenvalue weighted by molar-refractivity contribution is 0.167. The second-order valence-electron chi connectivity index (χ2n) is 7.01. The third-order valence-corrected chi connectivity index (χ3v) is 10.1. The van der Waals surface area contributed by atoms with Crippen molar-refractivity contribution in [1.82, 2.24) is 4.31 Å². The SMILES string of the molecule is CCOP(=O)(OCC)C1(c2ccccc2)CCCN1S(=O)(=O)c1ccc(C)cc1. The summed E-state index contributed by atoms with van der Waals surface area (Å²) in [5.41, 5.74) is 1.59. The van der Waals surface area contributed by atoms with Crippen LogP contribution in [0.3, 0.4) is 0 Å².